The van der Waals surface area contributed by atoms with E-state index in [1.165, 1.54) is 0 Å². The average molecular weight is 181 g/mol. The number of aromatic hydroxyl groups is 1. The van der Waals surface area contributed by atoms with Crippen molar-refractivity contribution in [3.05, 3.63) is 29.3 Å². The van der Waals surface area contributed by atoms with Gasteiger partial charge in [0.2, 0.25) is 0 Å². The number of nitrogens with one attached hydrogen (secondary N) is 1. The van der Waals surface area contributed by atoms with Crippen molar-refractivity contribution < 1.29 is 10.2 Å². The Kier molecular flexibility index (Phi) is 3.28. The van der Waals surface area contributed by atoms with Crippen LogP contribution in [0.5, 0.6) is 5.75 Å². The van der Waals surface area contributed by atoms with Crippen molar-refractivity contribution >= 4 is 0 Å². The third kappa shape index (κ3) is 2.44. The fourth-order valence-electron chi connectivity index (χ4n) is 1.24. The van der Waals surface area contributed by atoms with Gasteiger partial charge in [0.1, 0.15) is 5.75 Å². The van der Waals surface area contributed by atoms with Gasteiger partial charge in [-0.1, -0.05) is 11.6 Å². The summed E-state index contributed by atoms with van der Waals surface area (Å²) in [6, 6.07) is 5.20. The molecule has 0 aliphatic heterocycles. The molecule has 0 bridgehead atoms. The van der Waals surface area contributed by atoms with E-state index < -0.39 is 6.10 Å². The number of aliphatic hydroxyl groups is 1. The van der Waals surface area contributed by atoms with Crippen LogP contribution in [0.15, 0.2) is 18.2 Å². The molecule has 0 aromatic heterocycles. The molecule has 1 atom stereocenters. The van der Waals surface area contributed by atoms with Gasteiger partial charge in [-0.3, -0.25) is 0 Å². The second-order valence-corrected chi connectivity index (χ2v) is 3.14. The summed E-state index contributed by atoms with van der Waals surface area (Å²) in [5, 5.41) is 21.9. The average Bonchev–Trinajstić information content (AvgIpc) is 2.09. The van der Waals surface area contributed by atoms with Crippen LogP contribution in [0.3, 0.4) is 0 Å². The number of likely N-dealkylation sites (N-methyl/N-ethyl adjacent to an activating group) is 1. The number of aliphatic hydroxyl groups excluding tert-OH is 1. The van der Waals surface area contributed by atoms with Crippen LogP contribution in [0.2, 0.25) is 0 Å². The molecule has 13 heavy (non-hydrogen) atoms. The van der Waals surface area contributed by atoms with Crippen molar-refractivity contribution in [2.24, 2.45) is 0 Å². The fourth-order valence-corrected chi connectivity index (χ4v) is 1.24. The van der Waals surface area contributed by atoms with E-state index in [0.717, 1.165) is 5.56 Å². The van der Waals surface area contributed by atoms with Crippen LogP contribution in [-0.2, 0) is 0 Å². The molecule has 1 rings (SSSR count). The second-order valence-electron chi connectivity index (χ2n) is 3.14. The van der Waals surface area contributed by atoms with Gasteiger partial charge in [0.05, 0.1) is 6.10 Å². The van der Waals surface area contributed by atoms with Crippen molar-refractivity contribution in [3.63, 3.8) is 0 Å². The Bertz CT molecular complexity index is 286. The highest BCUT2D eigenvalue weighted by atomic mass is 16.3. The molecule has 0 saturated heterocycles. The maximum Gasteiger partial charge on any atom is 0.121 e. The van der Waals surface area contributed by atoms with Gasteiger partial charge in [-0.2, -0.15) is 0 Å². The minimum absolute atomic E-state index is 0.147. The highest BCUT2D eigenvalue weighted by molar-refractivity contribution is 5.37. The number of phenols is 1. The van der Waals surface area contributed by atoms with Crippen molar-refractivity contribution in [1.82, 2.24) is 5.32 Å². The zero-order valence-electron chi connectivity index (χ0n) is 7.91. The molecule has 0 saturated carbocycles. The molecule has 0 spiro atoms. The van der Waals surface area contributed by atoms with Crippen LogP contribution in [0.4, 0.5) is 0 Å². The minimum atomic E-state index is -0.648. The van der Waals surface area contributed by atoms with E-state index in [1.807, 2.05) is 13.0 Å². The van der Waals surface area contributed by atoms with Gasteiger partial charge in [-0.25, -0.2) is 0 Å². The van der Waals surface area contributed by atoms with Gasteiger partial charge >= 0.3 is 0 Å². The number of hydrogen-bond acceptors (Lipinski definition) is 3. The SMILES string of the molecule is CNCC(O)c1cc(C)ccc1O. The van der Waals surface area contributed by atoms with Crippen LogP contribution in [0.25, 0.3) is 0 Å². The van der Waals surface area contributed by atoms with Crippen LogP contribution < -0.4 is 5.32 Å². The smallest absolute Gasteiger partial charge is 0.121 e. The lowest BCUT2D eigenvalue weighted by atomic mass is 10.1. The molecule has 1 aromatic rings. The molecule has 72 valence electrons. The minimum Gasteiger partial charge on any atom is -0.508 e. The van der Waals surface area contributed by atoms with Crippen LogP contribution in [0, 0.1) is 6.92 Å². The predicted octanol–water partition coefficient (Wildman–Crippen LogP) is 0.953. The lowest BCUT2D eigenvalue weighted by Crippen LogP contribution is -2.16. The monoisotopic (exact) mass is 181 g/mol. The van der Waals surface area contributed by atoms with Crippen molar-refractivity contribution in [1.29, 1.82) is 0 Å². The molecular formula is C10H15NO2. The quantitative estimate of drug-likeness (QED) is 0.651. The molecule has 1 unspecified atom stereocenters. The van der Waals surface area contributed by atoms with Gasteiger partial charge in [-0.05, 0) is 26.1 Å². The molecule has 0 amide bonds. The Hall–Kier alpha value is -1.06. The number of benzene rings is 1. The molecule has 0 heterocycles. The van der Waals surface area contributed by atoms with E-state index in [0.29, 0.717) is 12.1 Å². The molecule has 0 aliphatic carbocycles. The predicted molar refractivity (Wildman–Crippen MR) is 51.7 cm³/mol. The van der Waals surface area contributed by atoms with E-state index in [2.05, 4.69) is 5.32 Å². The van der Waals surface area contributed by atoms with Gasteiger partial charge in [-0.15, -0.1) is 0 Å². The normalized spacial score (nSPS) is 12.8. The lowest BCUT2D eigenvalue weighted by molar-refractivity contribution is 0.174. The van der Waals surface area contributed by atoms with E-state index in [9.17, 15) is 10.2 Å². The zero-order valence-corrected chi connectivity index (χ0v) is 7.91. The van der Waals surface area contributed by atoms with Crippen LogP contribution in [0.1, 0.15) is 17.2 Å². The Balaban J connectivity index is 2.91. The van der Waals surface area contributed by atoms with Gasteiger partial charge in [0, 0.05) is 12.1 Å². The standard InChI is InChI=1S/C10H15NO2/c1-7-3-4-9(12)8(5-7)10(13)6-11-2/h3-5,10-13H,6H2,1-2H3. The number of rotatable bonds is 3. The first-order valence-electron chi connectivity index (χ1n) is 4.27. The third-order valence-corrected chi connectivity index (χ3v) is 1.94. The highest BCUT2D eigenvalue weighted by Crippen LogP contribution is 2.24. The van der Waals surface area contributed by atoms with E-state index in [1.54, 1.807) is 19.2 Å². The summed E-state index contributed by atoms with van der Waals surface area (Å²) in [7, 11) is 1.76. The first-order chi connectivity index (χ1) is 6.15. The van der Waals surface area contributed by atoms with Gasteiger partial charge in [0.25, 0.3) is 0 Å². The molecular weight excluding hydrogens is 166 g/mol. The van der Waals surface area contributed by atoms with Crippen molar-refractivity contribution in [2.75, 3.05) is 13.6 Å². The first-order valence-corrected chi connectivity index (χ1v) is 4.27. The van der Waals surface area contributed by atoms with Crippen LogP contribution in [-0.4, -0.2) is 23.8 Å². The maximum absolute atomic E-state index is 9.60. The number of hydrogen-bond donors (Lipinski definition) is 3. The summed E-state index contributed by atoms with van der Waals surface area (Å²) in [6.45, 7) is 2.37. The number of aryl methyl sites for hydroxylation is 1. The summed E-state index contributed by atoms with van der Waals surface area (Å²) in [5.41, 5.74) is 1.61. The summed E-state index contributed by atoms with van der Waals surface area (Å²) < 4.78 is 0. The highest BCUT2D eigenvalue weighted by Gasteiger charge is 2.10. The Morgan fingerprint density at radius 3 is 2.77 bits per heavy atom. The topological polar surface area (TPSA) is 52.5 Å². The fraction of sp³-hybridized carbons (Fsp3) is 0.400. The van der Waals surface area contributed by atoms with Crippen molar-refractivity contribution in [2.45, 2.75) is 13.0 Å². The van der Waals surface area contributed by atoms with Crippen LogP contribution >= 0.6 is 0 Å². The summed E-state index contributed by atoms with van der Waals surface area (Å²) in [4.78, 5) is 0. The zero-order chi connectivity index (χ0) is 9.84. The largest absolute Gasteiger partial charge is 0.508 e. The Morgan fingerprint density at radius 2 is 2.15 bits per heavy atom. The molecule has 3 nitrogen and oxygen atoms in total. The summed E-state index contributed by atoms with van der Waals surface area (Å²) in [6.07, 6.45) is -0.648. The molecule has 0 fully saturated rings. The molecule has 3 N–H and O–H groups in total. The van der Waals surface area contributed by atoms with E-state index >= 15 is 0 Å². The van der Waals surface area contributed by atoms with Gasteiger partial charge in [0.15, 0.2) is 0 Å². The molecule has 0 radical (unpaired) electrons. The van der Waals surface area contributed by atoms with Gasteiger partial charge < -0.3 is 15.5 Å². The molecule has 3 heteroatoms. The molecule has 1 aromatic carbocycles. The second kappa shape index (κ2) is 4.25. The van der Waals surface area contributed by atoms with E-state index in [-0.39, 0.29) is 5.75 Å². The third-order valence-electron chi connectivity index (χ3n) is 1.94. The summed E-state index contributed by atoms with van der Waals surface area (Å²) >= 11 is 0. The molecule has 0 aliphatic rings. The van der Waals surface area contributed by atoms with E-state index in [4.69, 9.17) is 0 Å². The number of phenolic OH excluding ortho intramolecular Hbond substituents is 1. The Labute approximate surface area is 78.0 Å². The Morgan fingerprint density at radius 1 is 1.46 bits per heavy atom. The van der Waals surface area contributed by atoms with Crippen molar-refractivity contribution in [3.8, 4) is 5.75 Å². The first kappa shape index (κ1) is 10.0. The summed E-state index contributed by atoms with van der Waals surface area (Å²) in [5.74, 6) is 0.147. The lowest BCUT2D eigenvalue weighted by Gasteiger charge is -2.12. The maximum atomic E-state index is 9.60.